The molecular formula is C15H20BrNO4. The Morgan fingerprint density at radius 1 is 1.48 bits per heavy atom. The first-order valence-electron chi connectivity index (χ1n) is 6.62. The molecule has 0 saturated carbocycles. The minimum atomic E-state index is -0.840. The molecule has 0 aliphatic rings. The van der Waals surface area contributed by atoms with Crippen LogP contribution in [0.5, 0.6) is 5.75 Å². The molecule has 0 aliphatic heterocycles. The second-order valence-corrected chi connectivity index (χ2v) is 6.47. The topological polar surface area (TPSA) is 78.6 Å². The highest BCUT2D eigenvalue weighted by Crippen LogP contribution is 2.26. The van der Waals surface area contributed by atoms with Gasteiger partial charge in [0.05, 0.1) is 5.56 Å². The number of hydrogen-bond acceptors (Lipinski definition) is 4. The van der Waals surface area contributed by atoms with E-state index in [-0.39, 0.29) is 6.61 Å². The number of carbonyl (C=O) groups excluding carboxylic acids is 2. The SMILES string of the molecule is CC(C)CC(C)(COc1ccc(Br)cc1C=O)OC(N)=O. The molecule has 116 valence electrons. The molecule has 1 atom stereocenters. The van der Waals surface area contributed by atoms with Crippen molar-refractivity contribution in [3.8, 4) is 5.75 Å². The van der Waals surface area contributed by atoms with Gasteiger partial charge in [0, 0.05) is 4.47 Å². The van der Waals surface area contributed by atoms with Gasteiger partial charge in [-0.1, -0.05) is 29.8 Å². The minimum Gasteiger partial charge on any atom is -0.489 e. The minimum absolute atomic E-state index is 0.122. The van der Waals surface area contributed by atoms with Gasteiger partial charge in [0.1, 0.15) is 18.0 Å². The molecule has 0 fully saturated rings. The zero-order valence-corrected chi connectivity index (χ0v) is 14.0. The zero-order valence-electron chi connectivity index (χ0n) is 12.4. The van der Waals surface area contributed by atoms with E-state index in [2.05, 4.69) is 15.9 Å². The van der Waals surface area contributed by atoms with Crippen LogP contribution in [0.15, 0.2) is 22.7 Å². The van der Waals surface area contributed by atoms with Crippen molar-refractivity contribution in [3.05, 3.63) is 28.2 Å². The fourth-order valence-corrected chi connectivity index (χ4v) is 2.59. The first-order valence-corrected chi connectivity index (χ1v) is 7.41. The molecule has 0 bridgehead atoms. The number of halogens is 1. The number of carbonyl (C=O) groups is 2. The number of nitrogens with two attached hydrogens (primary N) is 1. The van der Waals surface area contributed by atoms with Crippen molar-refractivity contribution in [3.63, 3.8) is 0 Å². The highest BCUT2D eigenvalue weighted by molar-refractivity contribution is 9.10. The summed E-state index contributed by atoms with van der Waals surface area (Å²) in [5.41, 5.74) is 4.71. The second kappa shape index (κ2) is 7.45. The molecule has 0 aromatic heterocycles. The highest BCUT2D eigenvalue weighted by Gasteiger charge is 2.30. The maximum Gasteiger partial charge on any atom is 0.405 e. The third kappa shape index (κ3) is 5.75. The Kier molecular flexibility index (Phi) is 6.20. The number of hydrogen-bond donors (Lipinski definition) is 1. The monoisotopic (exact) mass is 357 g/mol. The average molecular weight is 358 g/mol. The van der Waals surface area contributed by atoms with Crippen LogP contribution in [-0.4, -0.2) is 24.6 Å². The van der Waals surface area contributed by atoms with Crippen LogP contribution in [0.25, 0.3) is 0 Å². The van der Waals surface area contributed by atoms with E-state index < -0.39 is 11.7 Å². The molecule has 0 heterocycles. The van der Waals surface area contributed by atoms with Crippen LogP contribution in [0.1, 0.15) is 37.6 Å². The lowest BCUT2D eigenvalue weighted by Crippen LogP contribution is -2.41. The normalized spacial score (nSPS) is 13.6. The van der Waals surface area contributed by atoms with Crippen LogP contribution in [0.2, 0.25) is 0 Å². The van der Waals surface area contributed by atoms with E-state index in [4.69, 9.17) is 15.2 Å². The number of benzene rings is 1. The van der Waals surface area contributed by atoms with Gasteiger partial charge in [-0.05, 0) is 37.5 Å². The van der Waals surface area contributed by atoms with E-state index in [1.54, 1.807) is 25.1 Å². The highest BCUT2D eigenvalue weighted by atomic mass is 79.9. The van der Waals surface area contributed by atoms with Gasteiger partial charge in [-0.2, -0.15) is 0 Å². The van der Waals surface area contributed by atoms with Crippen molar-refractivity contribution in [2.75, 3.05) is 6.61 Å². The number of ether oxygens (including phenoxy) is 2. The van der Waals surface area contributed by atoms with Gasteiger partial charge in [0.2, 0.25) is 0 Å². The van der Waals surface area contributed by atoms with Gasteiger partial charge in [-0.15, -0.1) is 0 Å². The summed E-state index contributed by atoms with van der Waals surface area (Å²) in [6.07, 6.45) is 0.478. The Hall–Kier alpha value is -1.56. The van der Waals surface area contributed by atoms with E-state index in [9.17, 15) is 9.59 Å². The largest absolute Gasteiger partial charge is 0.489 e. The van der Waals surface area contributed by atoms with E-state index in [0.717, 1.165) is 10.8 Å². The van der Waals surface area contributed by atoms with Gasteiger partial charge in [-0.25, -0.2) is 4.79 Å². The lowest BCUT2D eigenvalue weighted by Gasteiger charge is -2.30. The van der Waals surface area contributed by atoms with Crippen molar-refractivity contribution in [2.24, 2.45) is 11.7 Å². The molecule has 1 unspecified atom stereocenters. The molecule has 0 saturated heterocycles. The summed E-state index contributed by atoms with van der Waals surface area (Å²) in [6.45, 7) is 5.91. The van der Waals surface area contributed by atoms with Crippen LogP contribution in [0, 0.1) is 5.92 Å². The molecule has 1 rings (SSSR count). The van der Waals surface area contributed by atoms with Crippen LogP contribution in [-0.2, 0) is 4.74 Å². The van der Waals surface area contributed by atoms with Crippen molar-refractivity contribution >= 4 is 28.3 Å². The number of aldehydes is 1. The molecule has 0 spiro atoms. The summed E-state index contributed by atoms with van der Waals surface area (Å²) in [5, 5.41) is 0. The molecule has 2 N–H and O–H groups in total. The molecule has 1 amide bonds. The lowest BCUT2D eigenvalue weighted by atomic mass is 9.95. The van der Waals surface area contributed by atoms with Crippen LogP contribution < -0.4 is 10.5 Å². The quantitative estimate of drug-likeness (QED) is 0.756. The fourth-order valence-electron chi connectivity index (χ4n) is 2.21. The third-order valence-corrected chi connectivity index (χ3v) is 3.31. The van der Waals surface area contributed by atoms with Crippen LogP contribution in [0.3, 0.4) is 0 Å². The Morgan fingerprint density at radius 2 is 2.14 bits per heavy atom. The summed E-state index contributed by atoms with van der Waals surface area (Å²) in [4.78, 5) is 22.1. The molecule has 0 radical (unpaired) electrons. The standard InChI is InChI=1S/C15H20BrNO4/c1-10(2)7-15(3,21-14(17)19)9-20-13-5-4-12(16)6-11(13)8-18/h4-6,8,10H,7,9H2,1-3H3,(H2,17,19). The maximum absolute atomic E-state index is 11.1. The van der Waals surface area contributed by atoms with E-state index in [1.165, 1.54) is 0 Å². The molecule has 1 aromatic carbocycles. The predicted octanol–water partition coefficient (Wildman–Crippen LogP) is 3.54. The average Bonchev–Trinajstić information content (AvgIpc) is 2.35. The first kappa shape index (κ1) is 17.5. The fraction of sp³-hybridized carbons (Fsp3) is 0.467. The Bertz CT molecular complexity index is 518. The van der Waals surface area contributed by atoms with Crippen LogP contribution in [0.4, 0.5) is 4.79 Å². The van der Waals surface area contributed by atoms with E-state index >= 15 is 0 Å². The summed E-state index contributed by atoms with van der Waals surface area (Å²) < 4.78 is 11.6. The Labute approximate surface area is 132 Å². The Balaban J connectivity index is 2.86. The Morgan fingerprint density at radius 3 is 2.67 bits per heavy atom. The lowest BCUT2D eigenvalue weighted by molar-refractivity contribution is -0.0187. The second-order valence-electron chi connectivity index (χ2n) is 5.56. The smallest absolute Gasteiger partial charge is 0.405 e. The van der Waals surface area contributed by atoms with Crippen molar-refractivity contribution in [2.45, 2.75) is 32.8 Å². The molecule has 21 heavy (non-hydrogen) atoms. The third-order valence-electron chi connectivity index (χ3n) is 2.82. The first-order chi connectivity index (χ1) is 9.75. The van der Waals surface area contributed by atoms with Gasteiger partial charge in [0.15, 0.2) is 6.29 Å². The zero-order chi connectivity index (χ0) is 16.0. The number of primary amides is 1. The number of amides is 1. The van der Waals surface area contributed by atoms with Crippen molar-refractivity contribution in [1.82, 2.24) is 0 Å². The van der Waals surface area contributed by atoms with Gasteiger partial charge in [-0.3, -0.25) is 4.79 Å². The summed E-state index contributed by atoms with van der Waals surface area (Å²) in [7, 11) is 0. The molecular weight excluding hydrogens is 338 g/mol. The number of rotatable bonds is 7. The van der Waals surface area contributed by atoms with Crippen molar-refractivity contribution in [1.29, 1.82) is 0 Å². The summed E-state index contributed by atoms with van der Waals surface area (Å²) in [6, 6.07) is 5.13. The summed E-state index contributed by atoms with van der Waals surface area (Å²) in [5.74, 6) is 0.740. The van der Waals surface area contributed by atoms with Gasteiger partial charge < -0.3 is 15.2 Å². The molecule has 5 nitrogen and oxygen atoms in total. The van der Waals surface area contributed by atoms with Crippen molar-refractivity contribution < 1.29 is 19.1 Å². The molecule has 1 aromatic rings. The predicted molar refractivity (Wildman–Crippen MR) is 83.6 cm³/mol. The van der Waals surface area contributed by atoms with Gasteiger partial charge in [0.25, 0.3) is 0 Å². The van der Waals surface area contributed by atoms with Gasteiger partial charge >= 0.3 is 6.09 Å². The van der Waals surface area contributed by atoms with Crippen LogP contribution >= 0.6 is 15.9 Å². The molecule has 0 aliphatic carbocycles. The summed E-state index contributed by atoms with van der Waals surface area (Å²) >= 11 is 3.29. The molecule has 6 heteroatoms. The van der Waals surface area contributed by atoms with E-state index in [0.29, 0.717) is 23.7 Å². The van der Waals surface area contributed by atoms with E-state index in [1.807, 2.05) is 13.8 Å². The maximum atomic E-state index is 11.1.